The van der Waals surface area contributed by atoms with E-state index >= 15 is 0 Å². The lowest BCUT2D eigenvalue weighted by Crippen LogP contribution is -2.59. The minimum absolute atomic E-state index is 0.0903. The van der Waals surface area contributed by atoms with Gasteiger partial charge in [0.05, 0.1) is 28.9 Å². The molecule has 0 bridgehead atoms. The van der Waals surface area contributed by atoms with Crippen molar-refractivity contribution in [2.24, 2.45) is 5.92 Å². The van der Waals surface area contributed by atoms with Gasteiger partial charge in [0.1, 0.15) is 6.04 Å². The van der Waals surface area contributed by atoms with Gasteiger partial charge in [-0.1, -0.05) is 76.2 Å². The fraction of sp³-hybridized carbons (Fsp3) is 0.378. The van der Waals surface area contributed by atoms with Gasteiger partial charge in [-0.3, -0.25) is 14.4 Å². The molecule has 6 rings (SSSR count). The Labute approximate surface area is 279 Å². The van der Waals surface area contributed by atoms with Crippen LogP contribution in [0.4, 0.5) is 5.69 Å². The Balaban J connectivity index is 1.10. The third kappa shape index (κ3) is 7.22. The number of thiophene rings is 1. The summed E-state index contributed by atoms with van der Waals surface area (Å²) in [6.07, 6.45) is 5.05. The van der Waals surface area contributed by atoms with Crippen LogP contribution in [-0.4, -0.2) is 70.0 Å². The summed E-state index contributed by atoms with van der Waals surface area (Å²) in [5, 5.41) is 12.2. The van der Waals surface area contributed by atoms with Crippen LogP contribution in [-0.2, 0) is 27.8 Å². The highest BCUT2D eigenvalue weighted by Crippen LogP contribution is 2.32. The number of amides is 2. The molecule has 2 saturated heterocycles. The molecule has 2 aliphatic heterocycles. The van der Waals surface area contributed by atoms with Crippen molar-refractivity contribution in [3.8, 4) is 11.4 Å². The molecule has 1 unspecified atom stereocenters. The van der Waals surface area contributed by atoms with Gasteiger partial charge in [0.25, 0.3) is 5.91 Å². The Kier molecular flexibility index (Phi) is 9.14. The normalized spacial score (nSPS) is 15.9. The summed E-state index contributed by atoms with van der Waals surface area (Å²) in [6.45, 7) is 10.6. The first-order valence-electron chi connectivity index (χ1n) is 16.2. The van der Waals surface area contributed by atoms with Gasteiger partial charge in [0.15, 0.2) is 5.82 Å². The van der Waals surface area contributed by atoms with Gasteiger partial charge < -0.3 is 20.2 Å². The van der Waals surface area contributed by atoms with E-state index in [1.54, 1.807) is 6.07 Å². The second-order valence-electron chi connectivity index (χ2n) is 13.6. The largest absolute Gasteiger partial charge is 0.481 e. The fourth-order valence-electron chi connectivity index (χ4n) is 5.91. The molecule has 2 aliphatic rings. The van der Waals surface area contributed by atoms with E-state index < -0.39 is 17.9 Å². The standard InChI is InChI=1S/C37H41N5O4S/c1-5-23-6-10-25(11-7-23)27-19-41(20-27)29-17-38-33(39-18-29)26-12-8-24(9-13-26)16-30(35(44)42-21-28(22-42)36(45)46)40-34(43)31-14-15-32(47-31)37(2,3)4/h6-15,17-18,27-28,30H,5,16,19-22H2,1-4H3,(H,40,43)(H,45,46). The Morgan fingerprint density at radius 2 is 1.55 bits per heavy atom. The van der Waals surface area contributed by atoms with Crippen LogP contribution in [0.3, 0.4) is 0 Å². The number of carboxylic acid groups (broad SMARTS) is 1. The highest BCUT2D eigenvalue weighted by Gasteiger charge is 2.39. The maximum atomic E-state index is 13.5. The van der Waals surface area contributed by atoms with Crippen molar-refractivity contribution in [1.82, 2.24) is 20.2 Å². The number of aromatic nitrogens is 2. The highest BCUT2D eigenvalue weighted by atomic mass is 32.1. The number of rotatable bonds is 10. The van der Waals surface area contributed by atoms with Gasteiger partial charge in [0.2, 0.25) is 5.91 Å². The van der Waals surface area contributed by atoms with E-state index in [1.807, 2.05) is 42.7 Å². The number of carboxylic acids is 1. The number of carbonyl (C=O) groups is 3. The smallest absolute Gasteiger partial charge is 0.310 e. The van der Waals surface area contributed by atoms with Crippen LogP contribution in [0.15, 0.2) is 73.1 Å². The zero-order valence-corrected chi connectivity index (χ0v) is 28.1. The van der Waals surface area contributed by atoms with E-state index in [9.17, 15) is 19.5 Å². The monoisotopic (exact) mass is 651 g/mol. The van der Waals surface area contributed by atoms with Crippen molar-refractivity contribution in [2.45, 2.75) is 57.9 Å². The molecule has 2 N–H and O–H groups in total. The highest BCUT2D eigenvalue weighted by molar-refractivity contribution is 7.14. The van der Waals surface area contributed by atoms with Gasteiger partial charge in [0, 0.05) is 49.0 Å². The third-order valence-electron chi connectivity index (χ3n) is 9.11. The number of carbonyl (C=O) groups excluding carboxylic acids is 2. The van der Waals surface area contributed by atoms with E-state index in [4.69, 9.17) is 0 Å². The predicted molar refractivity (Wildman–Crippen MR) is 184 cm³/mol. The van der Waals surface area contributed by atoms with E-state index in [2.05, 4.69) is 72.1 Å². The summed E-state index contributed by atoms with van der Waals surface area (Å²) in [6, 6.07) is 19.5. The molecule has 1 atom stereocenters. The summed E-state index contributed by atoms with van der Waals surface area (Å²) >= 11 is 1.42. The summed E-state index contributed by atoms with van der Waals surface area (Å²) < 4.78 is 0. The Morgan fingerprint density at radius 1 is 0.915 bits per heavy atom. The molecule has 47 heavy (non-hydrogen) atoms. The molecule has 2 amide bonds. The van der Waals surface area contributed by atoms with Gasteiger partial charge in [-0.05, 0) is 40.7 Å². The first-order chi connectivity index (χ1) is 22.5. The topological polar surface area (TPSA) is 116 Å². The number of hydrogen-bond donors (Lipinski definition) is 2. The summed E-state index contributed by atoms with van der Waals surface area (Å²) in [4.78, 5) is 52.7. The Bertz CT molecular complexity index is 1730. The third-order valence-corrected chi connectivity index (χ3v) is 10.6. The number of hydrogen-bond acceptors (Lipinski definition) is 7. The second kappa shape index (κ2) is 13.3. The van der Waals surface area contributed by atoms with Crippen LogP contribution >= 0.6 is 11.3 Å². The lowest BCUT2D eigenvalue weighted by Gasteiger charge is -2.41. The SMILES string of the molecule is CCc1ccc(C2CN(c3cnc(-c4ccc(CC(NC(=O)c5ccc(C(C)(C)C)s5)C(=O)N5CC(C(=O)O)C5)cc4)nc3)C2)cc1. The van der Waals surface area contributed by atoms with Crippen molar-refractivity contribution in [1.29, 1.82) is 0 Å². The van der Waals surface area contributed by atoms with E-state index in [0.29, 0.717) is 16.6 Å². The molecule has 0 aliphatic carbocycles. The first-order valence-corrected chi connectivity index (χ1v) is 17.0. The number of benzene rings is 2. The van der Waals surface area contributed by atoms with Gasteiger partial charge in [-0.25, -0.2) is 9.97 Å². The molecule has 10 heteroatoms. The molecular weight excluding hydrogens is 611 g/mol. The fourth-order valence-corrected chi connectivity index (χ4v) is 6.88. The van der Waals surface area contributed by atoms with Gasteiger partial charge >= 0.3 is 5.97 Å². The van der Waals surface area contributed by atoms with Gasteiger partial charge in [-0.2, -0.15) is 0 Å². The summed E-state index contributed by atoms with van der Waals surface area (Å²) in [5.41, 5.74) is 5.35. The number of likely N-dealkylation sites (tertiary alicyclic amines) is 1. The molecule has 4 aromatic rings. The van der Waals surface area contributed by atoms with Crippen LogP contribution < -0.4 is 10.2 Å². The van der Waals surface area contributed by atoms with Crippen molar-refractivity contribution < 1.29 is 19.5 Å². The lowest BCUT2D eigenvalue weighted by molar-refractivity contribution is -0.153. The molecule has 0 radical (unpaired) electrons. The van der Waals surface area contributed by atoms with Crippen LogP contribution in [0.5, 0.6) is 0 Å². The number of aliphatic carboxylic acids is 1. The summed E-state index contributed by atoms with van der Waals surface area (Å²) in [7, 11) is 0. The zero-order chi connectivity index (χ0) is 33.3. The van der Waals surface area contributed by atoms with Crippen molar-refractivity contribution >= 4 is 34.8 Å². The average Bonchev–Trinajstić information content (AvgIpc) is 3.52. The molecule has 2 aromatic heterocycles. The minimum atomic E-state index is -0.916. The molecule has 9 nitrogen and oxygen atoms in total. The Morgan fingerprint density at radius 3 is 2.13 bits per heavy atom. The van der Waals surface area contributed by atoms with E-state index in [1.165, 1.54) is 27.4 Å². The molecular formula is C37H41N5O4S. The van der Waals surface area contributed by atoms with Crippen LogP contribution in [0.25, 0.3) is 11.4 Å². The minimum Gasteiger partial charge on any atom is -0.481 e. The Hall–Kier alpha value is -4.57. The molecule has 4 heterocycles. The molecule has 244 valence electrons. The number of anilines is 1. The summed E-state index contributed by atoms with van der Waals surface area (Å²) in [5.74, 6) is -0.959. The lowest BCUT2D eigenvalue weighted by atomic mass is 9.90. The van der Waals surface area contributed by atoms with E-state index in [-0.39, 0.29) is 36.7 Å². The zero-order valence-electron chi connectivity index (χ0n) is 27.3. The number of nitrogens with zero attached hydrogens (tertiary/aromatic N) is 4. The maximum Gasteiger partial charge on any atom is 0.310 e. The molecule has 0 saturated carbocycles. The quantitative estimate of drug-likeness (QED) is 0.231. The van der Waals surface area contributed by atoms with Crippen molar-refractivity contribution in [2.75, 3.05) is 31.1 Å². The van der Waals surface area contributed by atoms with Crippen LogP contribution in [0.2, 0.25) is 0 Å². The first kappa shape index (κ1) is 32.4. The number of aryl methyl sites for hydroxylation is 1. The van der Waals surface area contributed by atoms with Crippen molar-refractivity contribution in [3.63, 3.8) is 0 Å². The molecule has 2 aromatic carbocycles. The van der Waals surface area contributed by atoms with Crippen LogP contribution in [0, 0.1) is 5.92 Å². The molecule has 0 spiro atoms. The average molecular weight is 652 g/mol. The van der Waals surface area contributed by atoms with Crippen LogP contribution in [0.1, 0.15) is 64.9 Å². The maximum absolute atomic E-state index is 13.5. The van der Waals surface area contributed by atoms with Gasteiger partial charge in [-0.15, -0.1) is 11.3 Å². The van der Waals surface area contributed by atoms with E-state index in [0.717, 1.165) is 41.2 Å². The molecule has 2 fully saturated rings. The number of nitrogens with one attached hydrogen (secondary N) is 1. The predicted octanol–water partition coefficient (Wildman–Crippen LogP) is 5.55. The van der Waals surface area contributed by atoms with Crippen molar-refractivity contribution in [3.05, 3.63) is 99.5 Å². The second-order valence-corrected chi connectivity index (χ2v) is 14.7.